The van der Waals surface area contributed by atoms with E-state index in [1.807, 2.05) is 73.3 Å². The van der Waals surface area contributed by atoms with Gasteiger partial charge in [0.2, 0.25) is 0 Å². The Labute approximate surface area is 399 Å². The van der Waals surface area contributed by atoms with E-state index in [0.29, 0.717) is 86.6 Å². The molecule has 0 unspecified atom stereocenters. The van der Waals surface area contributed by atoms with Gasteiger partial charge in [0.25, 0.3) is 0 Å². The molecule has 2 atom stereocenters. The lowest BCUT2D eigenvalue weighted by atomic mass is 10.1. The number of carbonyl (C=O) groups is 2. The molecule has 3 fully saturated rings. The van der Waals surface area contributed by atoms with Crippen LogP contribution in [0.15, 0.2) is 42.7 Å². The second-order valence-corrected chi connectivity index (χ2v) is 19.8. The van der Waals surface area contributed by atoms with Gasteiger partial charge in [0.15, 0.2) is 0 Å². The van der Waals surface area contributed by atoms with Crippen molar-refractivity contribution in [3.63, 3.8) is 0 Å². The predicted molar refractivity (Wildman–Crippen MR) is 258 cm³/mol. The number of nitrogens with one attached hydrogen (secondary N) is 1. The molecule has 0 saturated carbocycles. The fourth-order valence-electron chi connectivity index (χ4n) is 8.63. The zero-order valence-corrected chi connectivity index (χ0v) is 41.0. The number of piperazine rings is 2. The normalized spacial score (nSPS) is 18.1. The van der Waals surface area contributed by atoms with Gasteiger partial charge in [-0.05, 0) is 75.3 Å². The molecule has 2 aromatic carbocycles. The van der Waals surface area contributed by atoms with Crippen LogP contribution in [0.4, 0.5) is 55.8 Å². The van der Waals surface area contributed by atoms with Gasteiger partial charge >= 0.3 is 12.2 Å². The minimum Gasteiger partial charge on any atom is -0.444 e. The van der Waals surface area contributed by atoms with Crippen LogP contribution in [0, 0.1) is 37.1 Å². The molecule has 6 heterocycles. The zero-order valence-electron chi connectivity index (χ0n) is 40.3. The standard InChI is InChI=1S/C29H36F2N6O3.C20H24ClF2N3O2/c1-18-17-36(6-7-37(18)28(38)40-29(3,4)5)27-19(2)26(25-23(31)12-20(30)13-24(25)34-27)33-21-14-22(16-32-15-21)35-8-10-39-11-9-35;1-11-10-25(6-7-26(11)19(27)28-20(3,4)5)18-12(2)17(21)16-14(23)8-13(22)9-15(16)24-18/h12-16,18H,6-11,17H2,1-5H3,(H,33,34);8-9,11H,6-7,10H2,1-5H3/t18-;11-/m00/s1. The van der Waals surface area contributed by atoms with E-state index in [0.717, 1.165) is 30.9 Å². The average molecular weight is 967 g/mol. The Balaban J connectivity index is 0.000000215. The van der Waals surface area contributed by atoms with E-state index < -0.39 is 34.5 Å². The third-order valence-electron chi connectivity index (χ3n) is 11.8. The van der Waals surface area contributed by atoms with Crippen molar-refractivity contribution in [1.82, 2.24) is 24.8 Å². The van der Waals surface area contributed by atoms with Crippen LogP contribution in [0.3, 0.4) is 0 Å². The number of hydrogen-bond acceptors (Lipinski definition) is 12. The molecule has 0 spiro atoms. The highest BCUT2D eigenvalue weighted by Crippen LogP contribution is 2.39. The summed E-state index contributed by atoms with van der Waals surface area (Å²) in [4.78, 5) is 48.3. The number of fused-ring (bicyclic) bond motifs is 2. The first-order valence-corrected chi connectivity index (χ1v) is 23.1. The number of nitrogens with zero attached hydrogens (tertiary/aromatic N) is 8. The monoisotopic (exact) mass is 965 g/mol. The van der Waals surface area contributed by atoms with Gasteiger partial charge in [-0.15, -0.1) is 0 Å². The highest BCUT2D eigenvalue weighted by Gasteiger charge is 2.34. The Morgan fingerprint density at radius 1 is 0.676 bits per heavy atom. The van der Waals surface area contributed by atoms with E-state index in [1.54, 1.807) is 29.1 Å². The van der Waals surface area contributed by atoms with Crippen LogP contribution in [0.2, 0.25) is 5.02 Å². The van der Waals surface area contributed by atoms with Crippen molar-refractivity contribution >= 4 is 74.3 Å². The highest BCUT2D eigenvalue weighted by molar-refractivity contribution is 6.36. The minimum absolute atomic E-state index is 0.116. The van der Waals surface area contributed by atoms with Crippen LogP contribution in [0.1, 0.15) is 66.5 Å². The van der Waals surface area contributed by atoms with Crippen molar-refractivity contribution in [3.05, 3.63) is 82.1 Å². The van der Waals surface area contributed by atoms with E-state index in [-0.39, 0.29) is 51.1 Å². The third-order valence-corrected chi connectivity index (χ3v) is 12.3. The van der Waals surface area contributed by atoms with Gasteiger partial charge in [-0.25, -0.2) is 37.1 Å². The molecular formula is C49H60ClF4N9O5. The molecular weight excluding hydrogens is 906 g/mol. The number of ether oxygens (including phenoxy) is 3. The lowest BCUT2D eigenvalue weighted by Crippen LogP contribution is -2.55. The summed E-state index contributed by atoms with van der Waals surface area (Å²) in [5.74, 6) is -1.65. The maximum Gasteiger partial charge on any atom is 0.410 e. The summed E-state index contributed by atoms with van der Waals surface area (Å²) in [7, 11) is 0. The van der Waals surface area contributed by atoms with Crippen LogP contribution in [0.5, 0.6) is 0 Å². The van der Waals surface area contributed by atoms with Crippen molar-refractivity contribution in [3.8, 4) is 0 Å². The summed E-state index contributed by atoms with van der Waals surface area (Å²) in [6.45, 7) is 24.2. The molecule has 0 aliphatic carbocycles. The van der Waals surface area contributed by atoms with Crippen molar-refractivity contribution < 1.29 is 41.4 Å². The number of rotatable bonds is 5. The van der Waals surface area contributed by atoms with Crippen molar-refractivity contribution in [2.24, 2.45) is 0 Å². The molecule has 0 radical (unpaired) electrons. The zero-order chi connectivity index (χ0) is 49.4. The molecule has 2 amide bonds. The van der Waals surface area contributed by atoms with Gasteiger partial charge in [-0.2, -0.15) is 0 Å². The van der Waals surface area contributed by atoms with Gasteiger partial charge in [0.05, 0.1) is 69.5 Å². The maximum absolute atomic E-state index is 15.2. The van der Waals surface area contributed by atoms with Gasteiger partial charge in [-0.3, -0.25) is 4.98 Å². The first-order chi connectivity index (χ1) is 32.0. The van der Waals surface area contributed by atoms with Crippen molar-refractivity contribution in [1.29, 1.82) is 0 Å². The molecule has 8 rings (SSSR count). The fraction of sp³-hybridized carbons (Fsp3) is 0.490. The number of benzene rings is 2. The predicted octanol–water partition coefficient (Wildman–Crippen LogP) is 10.2. The molecule has 1 N–H and O–H groups in total. The summed E-state index contributed by atoms with van der Waals surface area (Å²) in [6, 6.07) is 5.78. The van der Waals surface area contributed by atoms with Gasteiger partial charge < -0.3 is 44.0 Å². The smallest absolute Gasteiger partial charge is 0.410 e. The minimum atomic E-state index is -0.731. The number of carbonyl (C=O) groups excluding carboxylic acids is 2. The molecule has 5 aromatic rings. The van der Waals surface area contributed by atoms with Crippen LogP contribution in [0.25, 0.3) is 21.8 Å². The summed E-state index contributed by atoms with van der Waals surface area (Å²) < 4.78 is 73.9. The summed E-state index contributed by atoms with van der Waals surface area (Å²) >= 11 is 6.38. The Morgan fingerprint density at radius 2 is 1.16 bits per heavy atom. The van der Waals surface area contributed by atoms with Gasteiger partial charge in [0.1, 0.15) is 46.1 Å². The van der Waals surface area contributed by atoms with E-state index in [4.69, 9.17) is 30.8 Å². The van der Waals surface area contributed by atoms with Crippen molar-refractivity contribution in [2.75, 3.05) is 85.6 Å². The summed E-state index contributed by atoms with van der Waals surface area (Å²) in [5.41, 5.74) is 2.68. The van der Waals surface area contributed by atoms with Gasteiger partial charge in [0, 0.05) is 99.8 Å². The van der Waals surface area contributed by atoms with E-state index in [2.05, 4.69) is 25.1 Å². The Kier molecular flexibility index (Phi) is 14.7. The molecule has 3 aliphatic heterocycles. The van der Waals surface area contributed by atoms with Crippen LogP contribution in [-0.2, 0) is 14.2 Å². The molecule has 366 valence electrons. The van der Waals surface area contributed by atoms with Gasteiger partial charge in [-0.1, -0.05) is 11.6 Å². The number of amides is 2. The lowest BCUT2D eigenvalue weighted by molar-refractivity contribution is 0.0147. The maximum atomic E-state index is 15.2. The molecule has 3 aliphatic rings. The topological polar surface area (TPSA) is 129 Å². The highest BCUT2D eigenvalue weighted by atomic mass is 35.5. The SMILES string of the molecule is Cc1c(N2CCN(C(=O)OC(C)(C)C)[C@@H](C)C2)nc2cc(F)cc(F)c2c1Cl.Cc1c(N2CCN(C(=O)OC(C)(C)C)[C@@H](C)C2)nc2cc(F)cc(F)c2c1Nc1cncc(N2CCOCC2)c1. The Hall–Kier alpha value is -5.88. The van der Waals surface area contributed by atoms with Crippen LogP contribution in [-0.4, -0.2) is 126 Å². The van der Waals surface area contributed by atoms with Crippen LogP contribution >= 0.6 is 11.6 Å². The first-order valence-electron chi connectivity index (χ1n) is 22.8. The molecule has 3 saturated heterocycles. The number of pyridine rings is 3. The lowest BCUT2D eigenvalue weighted by Gasteiger charge is -2.41. The second-order valence-electron chi connectivity index (χ2n) is 19.5. The number of hydrogen-bond donors (Lipinski definition) is 1. The van der Waals surface area contributed by atoms with E-state index in [1.165, 1.54) is 12.1 Å². The average Bonchev–Trinajstić information content (AvgIpc) is 3.24. The number of morpholine rings is 1. The van der Waals surface area contributed by atoms with Crippen LogP contribution < -0.4 is 20.0 Å². The Bertz CT molecular complexity index is 2690. The third kappa shape index (κ3) is 11.3. The van der Waals surface area contributed by atoms with Crippen molar-refractivity contribution in [2.45, 2.75) is 92.5 Å². The molecule has 14 nitrogen and oxygen atoms in total. The number of anilines is 5. The summed E-state index contributed by atoms with van der Waals surface area (Å²) in [6.07, 6.45) is 2.76. The molecule has 3 aromatic heterocycles. The molecule has 68 heavy (non-hydrogen) atoms. The summed E-state index contributed by atoms with van der Waals surface area (Å²) in [5, 5.41) is 3.91. The number of halogens is 5. The molecule has 19 heteroatoms. The second kappa shape index (κ2) is 20.0. The first kappa shape index (κ1) is 50.0. The Morgan fingerprint density at radius 3 is 1.66 bits per heavy atom. The fourth-order valence-corrected chi connectivity index (χ4v) is 8.90. The van der Waals surface area contributed by atoms with E-state index in [9.17, 15) is 22.8 Å². The molecule has 0 bridgehead atoms. The number of aromatic nitrogens is 3. The largest absolute Gasteiger partial charge is 0.444 e. The van der Waals surface area contributed by atoms with E-state index >= 15 is 4.39 Å². The quantitative estimate of drug-likeness (QED) is 0.168.